The van der Waals surface area contributed by atoms with Gasteiger partial charge in [0.25, 0.3) is 0 Å². The van der Waals surface area contributed by atoms with Gasteiger partial charge < -0.3 is 15.0 Å². The maximum atomic E-state index is 12.1. The number of aromatic nitrogens is 4. The highest BCUT2D eigenvalue weighted by atomic mass is 32.1. The second kappa shape index (κ2) is 7.49. The molecule has 2 heterocycles. The molecule has 10 heteroatoms. The van der Waals surface area contributed by atoms with Crippen LogP contribution in [0.1, 0.15) is 41.1 Å². The number of amides is 1. The maximum Gasteiger partial charge on any atom is 0.347 e. The number of carboxylic acids is 1. The zero-order chi connectivity index (χ0) is 17.9. The van der Waals surface area contributed by atoms with Gasteiger partial charge in [0.15, 0.2) is 5.13 Å². The molecule has 9 nitrogen and oxygen atoms in total. The average Bonchev–Trinajstić information content (AvgIpc) is 3.05. The molecule has 2 N–H and O–H groups in total. The molecule has 130 valence electrons. The van der Waals surface area contributed by atoms with Gasteiger partial charge in [-0.25, -0.2) is 9.78 Å². The van der Waals surface area contributed by atoms with Gasteiger partial charge >= 0.3 is 5.97 Å². The van der Waals surface area contributed by atoms with Crippen molar-refractivity contribution in [3.05, 3.63) is 22.7 Å². The van der Waals surface area contributed by atoms with Crippen molar-refractivity contribution < 1.29 is 14.7 Å². The Morgan fingerprint density at radius 2 is 2.17 bits per heavy atom. The first-order valence-electron chi connectivity index (χ1n) is 7.35. The summed E-state index contributed by atoms with van der Waals surface area (Å²) in [5.74, 6) is -0.534. The minimum Gasteiger partial charge on any atom is -0.477 e. The first-order chi connectivity index (χ1) is 11.3. The fourth-order valence-corrected chi connectivity index (χ4v) is 2.98. The summed E-state index contributed by atoms with van der Waals surface area (Å²) in [6.07, 6.45) is 1.67. The molecular weight excluding hydrogens is 332 g/mol. The molecule has 0 saturated carbocycles. The van der Waals surface area contributed by atoms with Crippen LogP contribution in [-0.2, 0) is 11.3 Å². The topological polar surface area (TPSA) is 113 Å². The van der Waals surface area contributed by atoms with Crippen molar-refractivity contribution in [1.82, 2.24) is 24.6 Å². The molecule has 0 aliphatic carbocycles. The Balaban J connectivity index is 1.93. The molecule has 2 rings (SSSR count). The van der Waals surface area contributed by atoms with Crippen LogP contribution in [0, 0.1) is 6.92 Å². The van der Waals surface area contributed by atoms with E-state index in [1.54, 1.807) is 25.2 Å². The number of anilines is 1. The molecule has 0 radical (unpaired) electrons. The van der Waals surface area contributed by atoms with Crippen LogP contribution < -0.4 is 5.32 Å². The fraction of sp³-hybridized carbons (Fsp3) is 0.500. The Kier molecular flexibility index (Phi) is 5.62. The lowest BCUT2D eigenvalue weighted by atomic mass is 10.3. The van der Waals surface area contributed by atoms with Gasteiger partial charge in [-0.15, -0.1) is 10.2 Å². The standard InChI is InChI=1S/C14H20N6O3S/c1-8(2)20-7-15-18-10(20)5-19(4)6-11(21)17-14-16-9(3)12(24-14)13(22)23/h7-8H,5-6H2,1-4H3,(H,22,23)(H,16,17,21). The number of nitrogens with one attached hydrogen (secondary N) is 1. The zero-order valence-corrected chi connectivity index (χ0v) is 14.8. The summed E-state index contributed by atoms with van der Waals surface area (Å²) in [5.41, 5.74) is 0.390. The van der Waals surface area contributed by atoms with Crippen LogP contribution in [0.4, 0.5) is 5.13 Å². The summed E-state index contributed by atoms with van der Waals surface area (Å²) in [6.45, 7) is 6.27. The van der Waals surface area contributed by atoms with Gasteiger partial charge in [-0.1, -0.05) is 11.3 Å². The molecule has 24 heavy (non-hydrogen) atoms. The second-order valence-electron chi connectivity index (χ2n) is 5.71. The van der Waals surface area contributed by atoms with Crippen molar-refractivity contribution in [2.24, 2.45) is 0 Å². The summed E-state index contributed by atoms with van der Waals surface area (Å²) in [5, 5.41) is 19.9. The Bertz CT molecular complexity index is 739. The van der Waals surface area contributed by atoms with Gasteiger partial charge in [-0.05, 0) is 27.8 Å². The van der Waals surface area contributed by atoms with Crippen LogP contribution in [0.25, 0.3) is 0 Å². The smallest absolute Gasteiger partial charge is 0.347 e. The number of hydrogen-bond donors (Lipinski definition) is 2. The van der Waals surface area contributed by atoms with E-state index < -0.39 is 5.97 Å². The number of carbonyl (C=O) groups is 2. The largest absolute Gasteiger partial charge is 0.477 e. The van der Waals surface area contributed by atoms with E-state index in [1.165, 1.54) is 0 Å². The highest BCUT2D eigenvalue weighted by molar-refractivity contribution is 7.17. The van der Waals surface area contributed by atoms with Crippen LogP contribution >= 0.6 is 11.3 Å². The van der Waals surface area contributed by atoms with E-state index in [0.29, 0.717) is 12.2 Å². The van der Waals surface area contributed by atoms with Gasteiger partial charge in [0.05, 0.1) is 18.8 Å². The summed E-state index contributed by atoms with van der Waals surface area (Å²) < 4.78 is 1.94. The monoisotopic (exact) mass is 352 g/mol. The van der Waals surface area contributed by atoms with E-state index in [2.05, 4.69) is 20.5 Å². The molecule has 0 atom stereocenters. The summed E-state index contributed by atoms with van der Waals surface area (Å²) in [7, 11) is 1.80. The predicted octanol–water partition coefficient (Wildman–Crippen LogP) is 1.39. The Morgan fingerprint density at radius 3 is 2.75 bits per heavy atom. The molecule has 0 saturated heterocycles. The number of thiazole rings is 1. The lowest BCUT2D eigenvalue weighted by Gasteiger charge is -2.17. The van der Waals surface area contributed by atoms with Crippen LogP contribution in [0.5, 0.6) is 0 Å². The van der Waals surface area contributed by atoms with Gasteiger partial charge in [0, 0.05) is 6.04 Å². The number of nitrogens with zero attached hydrogens (tertiary/aromatic N) is 5. The molecule has 2 aromatic heterocycles. The third-order valence-corrected chi connectivity index (χ3v) is 4.33. The maximum absolute atomic E-state index is 12.1. The molecule has 0 aliphatic heterocycles. The average molecular weight is 352 g/mol. The number of aromatic carboxylic acids is 1. The number of hydrogen-bond acceptors (Lipinski definition) is 7. The number of rotatable bonds is 7. The Labute approximate surface area is 143 Å². The van der Waals surface area contributed by atoms with Crippen LogP contribution in [0.2, 0.25) is 0 Å². The highest BCUT2D eigenvalue weighted by Gasteiger charge is 2.17. The van der Waals surface area contributed by atoms with Crippen LogP contribution in [0.3, 0.4) is 0 Å². The van der Waals surface area contributed by atoms with E-state index in [4.69, 9.17) is 5.11 Å². The molecule has 0 fully saturated rings. The molecule has 0 unspecified atom stereocenters. The normalized spacial score (nSPS) is 11.2. The van der Waals surface area contributed by atoms with Crippen molar-refractivity contribution in [3.63, 3.8) is 0 Å². The van der Waals surface area contributed by atoms with E-state index in [0.717, 1.165) is 17.2 Å². The quantitative estimate of drug-likeness (QED) is 0.774. The molecule has 0 aliphatic rings. The third-order valence-electron chi connectivity index (χ3n) is 3.27. The fourth-order valence-electron chi connectivity index (χ4n) is 2.16. The molecule has 0 bridgehead atoms. The highest BCUT2D eigenvalue weighted by Crippen LogP contribution is 2.22. The van der Waals surface area contributed by atoms with Crippen LogP contribution in [-0.4, -0.2) is 55.2 Å². The molecule has 1 amide bonds. The van der Waals surface area contributed by atoms with E-state index in [9.17, 15) is 9.59 Å². The summed E-state index contributed by atoms with van der Waals surface area (Å²) in [4.78, 5) is 29.1. The number of carboxylic acid groups (broad SMARTS) is 1. The molecule has 2 aromatic rings. The number of aryl methyl sites for hydroxylation is 1. The minimum atomic E-state index is -1.05. The molecular formula is C14H20N6O3S. The predicted molar refractivity (Wildman–Crippen MR) is 89.2 cm³/mol. The van der Waals surface area contributed by atoms with Crippen molar-refractivity contribution in [3.8, 4) is 0 Å². The lowest BCUT2D eigenvalue weighted by Crippen LogP contribution is -2.30. The van der Waals surface area contributed by atoms with Crippen molar-refractivity contribution in [2.75, 3.05) is 18.9 Å². The SMILES string of the molecule is Cc1nc(NC(=O)CN(C)Cc2nncn2C(C)C)sc1C(=O)O. The molecule has 0 spiro atoms. The first-order valence-corrected chi connectivity index (χ1v) is 8.17. The van der Waals surface area contributed by atoms with Crippen molar-refractivity contribution in [1.29, 1.82) is 0 Å². The number of carbonyl (C=O) groups excluding carboxylic acids is 1. The van der Waals surface area contributed by atoms with Gasteiger partial charge in [-0.2, -0.15) is 0 Å². The summed E-state index contributed by atoms with van der Waals surface area (Å²) >= 11 is 0.947. The van der Waals surface area contributed by atoms with E-state index >= 15 is 0 Å². The van der Waals surface area contributed by atoms with Crippen molar-refractivity contribution >= 4 is 28.3 Å². The van der Waals surface area contributed by atoms with E-state index in [-0.39, 0.29) is 28.5 Å². The van der Waals surface area contributed by atoms with Gasteiger partial charge in [-0.3, -0.25) is 9.69 Å². The minimum absolute atomic E-state index is 0.128. The molecule has 0 aromatic carbocycles. The Morgan fingerprint density at radius 1 is 1.46 bits per heavy atom. The van der Waals surface area contributed by atoms with E-state index in [1.807, 2.05) is 18.4 Å². The van der Waals surface area contributed by atoms with Gasteiger partial charge in [0.2, 0.25) is 5.91 Å². The lowest BCUT2D eigenvalue weighted by molar-refractivity contribution is -0.117. The second-order valence-corrected chi connectivity index (χ2v) is 6.71. The van der Waals surface area contributed by atoms with Crippen LogP contribution in [0.15, 0.2) is 6.33 Å². The van der Waals surface area contributed by atoms with Crippen molar-refractivity contribution in [2.45, 2.75) is 33.4 Å². The van der Waals surface area contributed by atoms with Gasteiger partial charge in [0.1, 0.15) is 17.0 Å². The zero-order valence-electron chi connectivity index (χ0n) is 14.0. The summed E-state index contributed by atoms with van der Waals surface area (Å²) in [6, 6.07) is 0.241. The number of likely N-dealkylation sites (N-methyl/N-ethyl adjacent to an activating group) is 1. The Hall–Kier alpha value is -2.33. The third kappa shape index (κ3) is 4.36. The first kappa shape index (κ1) is 18.0.